The fourth-order valence-corrected chi connectivity index (χ4v) is 2.32. The van der Waals surface area contributed by atoms with Gasteiger partial charge in [-0.3, -0.25) is 0 Å². The van der Waals surface area contributed by atoms with E-state index >= 15 is 0 Å². The molecule has 4 N–H and O–H groups in total. The molecule has 0 fully saturated rings. The first-order chi connectivity index (χ1) is 12.3. The summed E-state index contributed by atoms with van der Waals surface area (Å²) in [7, 11) is 0. The molecular weight excluding hydrogens is 320 g/mol. The quantitative estimate of drug-likeness (QED) is 0.620. The summed E-state index contributed by atoms with van der Waals surface area (Å²) in [6.07, 6.45) is 3.63. The molecule has 0 saturated heterocycles. The van der Waals surface area contributed by atoms with Crippen LogP contribution in [0.3, 0.4) is 0 Å². The monoisotopic (exact) mass is 346 g/mol. The van der Waals surface area contributed by atoms with Gasteiger partial charge in [0.25, 0.3) is 0 Å². The SMILES string of the molecule is CC(/C=C(/N)c1ccc(C)cc1)=N\N=C(C)\C=C(\N)c1ccc(C)cc1. The van der Waals surface area contributed by atoms with Gasteiger partial charge in [-0.25, -0.2) is 0 Å². The van der Waals surface area contributed by atoms with E-state index in [2.05, 4.69) is 10.2 Å². The summed E-state index contributed by atoms with van der Waals surface area (Å²) in [5, 5.41) is 8.43. The summed E-state index contributed by atoms with van der Waals surface area (Å²) in [6, 6.07) is 16.1. The number of nitrogens with two attached hydrogens (primary N) is 2. The number of allylic oxidation sites excluding steroid dienone is 2. The zero-order valence-electron chi connectivity index (χ0n) is 15.8. The molecule has 0 unspecified atom stereocenters. The molecule has 4 heteroatoms. The van der Waals surface area contributed by atoms with Crippen LogP contribution < -0.4 is 11.5 Å². The van der Waals surface area contributed by atoms with E-state index in [1.807, 2.05) is 88.4 Å². The maximum absolute atomic E-state index is 6.12. The lowest BCUT2D eigenvalue weighted by Crippen LogP contribution is -2.00. The lowest BCUT2D eigenvalue weighted by Gasteiger charge is -2.03. The molecule has 0 spiro atoms. The Morgan fingerprint density at radius 2 is 0.962 bits per heavy atom. The van der Waals surface area contributed by atoms with Crippen molar-refractivity contribution in [3.05, 3.63) is 82.9 Å². The highest BCUT2D eigenvalue weighted by atomic mass is 15.2. The van der Waals surface area contributed by atoms with E-state index in [4.69, 9.17) is 11.5 Å². The summed E-state index contributed by atoms with van der Waals surface area (Å²) in [4.78, 5) is 0. The van der Waals surface area contributed by atoms with Crippen LogP contribution in [0.25, 0.3) is 11.4 Å². The molecule has 0 aliphatic heterocycles. The standard InChI is InChI=1S/C22H26N4/c1-15-5-9-19(10-6-15)21(23)13-17(3)25-26-18(4)14-22(24)20-11-7-16(2)8-12-20/h5-14H,23-24H2,1-4H3/b21-13+,22-14+,25-17+,26-18+. The van der Waals surface area contributed by atoms with Crippen molar-refractivity contribution in [3.63, 3.8) is 0 Å². The summed E-state index contributed by atoms with van der Waals surface area (Å²) in [5.41, 5.74) is 19.3. The highest BCUT2D eigenvalue weighted by Gasteiger charge is 1.98. The molecule has 0 aliphatic carbocycles. The average molecular weight is 346 g/mol. The zero-order valence-corrected chi connectivity index (χ0v) is 15.8. The van der Waals surface area contributed by atoms with Crippen LogP contribution in [0.1, 0.15) is 36.1 Å². The van der Waals surface area contributed by atoms with Crippen molar-refractivity contribution in [2.75, 3.05) is 0 Å². The average Bonchev–Trinajstić information content (AvgIpc) is 2.61. The van der Waals surface area contributed by atoms with E-state index < -0.39 is 0 Å². The van der Waals surface area contributed by atoms with Crippen molar-refractivity contribution in [1.29, 1.82) is 0 Å². The molecule has 2 aromatic rings. The third kappa shape index (κ3) is 5.74. The van der Waals surface area contributed by atoms with Gasteiger partial charge in [0.15, 0.2) is 0 Å². The van der Waals surface area contributed by atoms with Gasteiger partial charge < -0.3 is 11.5 Å². The van der Waals surface area contributed by atoms with Crippen molar-refractivity contribution in [2.24, 2.45) is 21.7 Å². The topological polar surface area (TPSA) is 76.8 Å². The third-order valence-electron chi connectivity index (χ3n) is 3.86. The number of hydrogen-bond acceptors (Lipinski definition) is 4. The van der Waals surface area contributed by atoms with Crippen molar-refractivity contribution in [3.8, 4) is 0 Å². The predicted molar refractivity (Wildman–Crippen MR) is 113 cm³/mol. The van der Waals surface area contributed by atoms with Crippen LogP contribution in [-0.4, -0.2) is 11.4 Å². The Kier molecular flexibility index (Phi) is 6.50. The van der Waals surface area contributed by atoms with Crippen LogP contribution in [0, 0.1) is 13.8 Å². The normalized spacial score (nSPS) is 13.8. The van der Waals surface area contributed by atoms with Crippen LogP contribution in [0.2, 0.25) is 0 Å². The van der Waals surface area contributed by atoms with Crippen molar-refractivity contribution in [1.82, 2.24) is 0 Å². The summed E-state index contributed by atoms with van der Waals surface area (Å²) < 4.78 is 0. The molecule has 0 bridgehead atoms. The third-order valence-corrected chi connectivity index (χ3v) is 3.86. The van der Waals surface area contributed by atoms with Gasteiger partial charge in [-0.1, -0.05) is 59.7 Å². The van der Waals surface area contributed by atoms with Gasteiger partial charge in [-0.2, -0.15) is 10.2 Å². The predicted octanol–water partition coefficient (Wildman–Crippen LogP) is 4.44. The molecule has 0 saturated carbocycles. The Morgan fingerprint density at radius 1 is 0.654 bits per heavy atom. The minimum absolute atomic E-state index is 0.661. The van der Waals surface area contributed by atoms with E-state index in [0.717, 1.165) is 22.6 Å². The Balaban J connectivity index is 2.12. The molecule has 2 rings (SSSR count). The van der Waals surface area contributed by atoms with Crippen molar-refractivity contribution < 1.29 is 0 Å². The number of rotatable bonds is 5. The van der Waals surface area contributed by atoms with Gasteiger partial charge in [-0.05, 0) is 51.0 Å². The van der Waals surface area contributed by atoms with E-state index in [9.17, 15) is 0 Å². The molecule has 134 valence electrons. The van der Waals surface area contributed by atoms with Crippen LogP contribution in [0.4, 0.5) is 0 Å². The van der Waals surface area contributed by atoms with Gasteiger partial charge >= 0.3 is 0 Å². The maximum Gasteiger partial charge on any atom is 0.0620 e. The van der Waals surface area contributed by atoms with Gasteiger partial charge in [0, 0.05) is 11.4 Å². The molecule has 2 aromatic carbocycles. The van der Waals surface area contributed by atoms with E-state index in [1.165, 1.54) is 11.1 Å². The van der Waals surface area contributed by atoms with Crippen molar-refractivity contribution in [2.45, 2.75) is 27.7 Å². The van der Waals surface area contributed by atoms with Crippen LogP contribution in [0.15, 0.2) is 70.9 Å². The lowest BCUT2D eigenvalue weighted by atomic mass is 10.1. The smallest absolute Gasteiger partial charge is 0.0620 e. The lowest BCUT2D eigenvalue weighted by molar-refractivity contribution is 1.23. The van der Waals surface area contributed by atoms with Crippen LogP contribution in [0.5, 0.6) is 0 Å². The molecule has 0 amide bonds. The Bertz CT molecular complexity index is 792. The molecule has 26 heavy (non-hydrogen) atoms. The van der Waals surface area contributed by atoms with Gasteiger partial charge in [0.2, 0.25) is 0 Å². The first kappa shape index (κ1) is 19.2. The highest BCUT2D eigenvalue weighted by Crippen LogP contribution is 2.11. The van der Waals surface area contributed by atoms with Crippen molar-refractivity contribution >= 4 is 22.8 Å². The maximum atomic E-state index is 6.12. The number of benzene rings is 2. The highest BCUT2D eigenvalue weighted by molar-refractivity contribution is 6.01. The first-order valence-corrected chi connectivity index (χ1v) is 8.52. The Morgan fingerprint density at radius 3 is 1.27 bits per heavy atom. The van der Waals surface area contributed by atoms with E-state index in [1.54, 1.807) is 0 Å². The van der Waals surface area contributed by atoms with Crippen LogP contribution >= 0.6 is 0 Å². The second-order valence-electron chi connectivity index (χ2n) is 6.41. The zero-order chi connectivity index (χ0) is 19.1. The molecule has 0 aromatic heterocycles. The van der Waals surface area contributed by atoms with E-state index in [-0.39, 0.29) is 0 Å². The second kappa shape index (κ2) is 8.81. The van der Waals surface area contributed by atoms with E-state index in [0.29, 0.717) is 11.4 Å². The molecule has 0 aliphatic rings. The Labute approximate surface area is 155 Å². The summed E-state index contributed by atoms with van der Waals surface area (Å²) in [5.74, 6) is 0. The molecule has 4 nitrogen and oxygen atoms in total. The minimum atomic E-state index is 0.661. The molecule has 0 atom stereocenters. The number of aryl methyl sites for hydroxylation is 2. The van der Waals surface area contributed by atoms with Crippen LogP contribution in [-0.2, 0) is 0 Å². The second-order valence-corrected chi connectivity index (χ2v) is 6.41. The van der Waals surface area contributed by atoms with Gasteiger partial charge in [-0.15, -0.1) is 0 Å². The molecule has 0 heterocycles. The number of hydrogen-bond donors (Lipinski definition) is 2. The Hall–Kier alpha value is -3.14. The number of nitrogens with zero attached hydrogens (tertiary/aromatic N) is 2. The van der Waals surface area contributed by atoms with Gasteiger partial charge in [0.1, 0.15) is 0 Å². The largest absolute Gasteiger partial charge is 0.398 e. The molecule has 0 radical (unpaired) electrons. The summed E-state index contributed by atoms with van der Waals surface area (Å²) in [6.45, 7) is 7.82. The molecular formula is C22H26N4. The summed E-state index contributed by atoms with van der Waals surface area (Å²) >= 11 is 0. The minimum Gasteiger partial charge on any atom is -0.398 e. The fraction of sp³-hybridized carbons (Fsp3) is 0.182. The van der Waals surface area contributed by atoms with Gasteiger partial charge in [0.05, 0.1) is 11.4 Å². The fourth-order valence-electron chi connectivity index (χ4n) is 2.32. The first-order valence-electron chi connectivity index (χ1n) is 8.52.